The highest BCUT2D eigenvalue weighted by Crippen LogP contribution is 2.32. The second-order valence-corrected chi connectivity index (χ2v) is 31.4. The molecule has 0 aliphatic carbocycles. The molecular weight excluding hydrogens is 1620 g/mol. The topological polar surface area (TPSA) is 214 Å². The summed E-state index contributed by atoms with van der Waals surface area (Å²) < 4.78 is 26.5. The number of hydrogen-bond acceptors (Lipinski definition) is 18. The number of fused-ring (bicyclic) bond motifs is 4. The van der Waals surface area contributed by atoms with Crippen molar-refractivity contribution in [3.63, 3.8) is 0 Å². The Morgan fingerprint density at radius 1 is 0.362 bits per heavy atom. The van der Waals surface area contributed by atoms with E-state index in [0.717, 1.165) is 119 Å². The second-order valence-electron chi connectivity index (χ2n) is 31.4. The number of β-amino-alcohol motifs (C(OH)–C–C–N with tert-alkyl or cyclic N) is 1. The molecule has 2 aliphatic heterocycles. The number of nitrogens with zero attached hydrogens (tertiary/aromatic N) is 10. The number of aliphatic hydroxyl groups excluding tert-OH is 2. The van der Waals surface area contributed by atoms with Crippen LogP contribution in [0.15, 0.2) is 432 Å². The Balaban J connectivity index is 0.000000134. The maximum atomic E-state index is 13.1. The Hall–Kier alpha value is -15.9. The molecule has 17 aromatic rings. The molecule has 2 N–H and O–H groups in total. The van der Waals surface area contributed by atoms with Gasteiger partial charge in [-0.05, 0) is 161 Å². The standard InChI is InChI=1S/C35H29N2O2.2C22H18N2O2.C18H19N2O3.C7H11NO.C6H9N/c38-35-33(30-18-20-36(21-19-30)24-27-10-4-1-5-11-27)22-31-16-17-32(23-34(31)39-35)37(25-28-12-6-2-7-13-28)26-29-14-8-3-9-15-29;2*1-24(15-16-5-3-2-4-6-16)19-8-7-18-13-20(17-9-11-23-12-10-17)22(25)26-21(18)14-19;1-19(9-10-21)14-7-6-13-11-15(18(22)23-17(13)12-14)16-5-3-4-8-20(16)2;9-7-6-8-4-2-1-3-5-8;1-7-5-3-2-4-6-7/h1-23H,24-26H2;2*2-14H,15H2,1H3;3-8,11-12,21H,9-10H2,1-2H3;1-4,9H,5-7H2;2-5H,6H2,1H3/q+1;;;+1;;. The molecular formula is C110H104N10O10+2. The van der Waals surface area contributed by atoms with Crippen LogP contribution in [0.4, 0.5) is 22.7 Å². The fraction of sp³-hybridized carbons (Fsp3) is 0.145. The van der Waals surface area contributed by atoms with Crippen LogP contribution in [0.3, 0.4) is 0 Å². The van der Waals surface area contributed by atoms with Gasteiger partial charge in [-0.3, -0.25) is 9.97 Å². The van der Waals surface area contributed by atoms with Crippen molar-refractivity contribution in [2.75, 3.05) is 87.2 Å². The van der Waals surface area contributed by atoms with Crippen LogP contribution in [-0.2, 0) is 39.8 Å². The van der Waals surface area contributed by atoms with Gasteiger partial charge in [0, 0.05) is 209 Å². The summed E-state index contributed by atoms with van der Waals surface area (Å²) in [6.07, 6.45) is 28.9. The zero-order chi connectivity index (χ0) is 90.3. The van der Waals surface area contributed by atoms with E-state index in [1.54, 1.807) is 49.1 Å². The van der Waals surface area contributed by atoms with Crippen molar-refractivity contribution >= 4 is 66.6 Å². The average Bonchev–Trinajstić information content (AvgIpc) is 0.797. The minimum absolute atomic E-state index is 0.0714. The van der Waals surface area contributed by atoms with E-state index in [1.807, 2.05) is 269 Å². The molecule has 652 valence electrons. The minimum Gasteiger partial charge on any atom is -0.422 e. The molecule has 20 nitrogen and oxygen atoms in total. The number of benzene rings is 9. The van der Waals surface area contributed by atoms with Crippen molar-refractivity contribution in [1.82, 2.24) is 19.8 Å². The fourth-order valence-corrected chi connectivity index (χ4v) is 14.9. The lowest BCUT2D eigenvalue weighted by Crippen LogP contribution is -2.33. The van der Waals surface area contributed by atoms with Gasteiger partial charge >= 0.3 is 22.5 Å². The number of aliphatic hydroxyl groups is 2. The number of aromatic nitrogens is 4. The normalized spacial score (nSPS) is 11.7. The van der Waals surface area contributed by atoms with Gasteiger partial charge < -0.3 is 57.3 Å². The van der Waals surface area contributed by atoms with Gasteiger partial charge in [-0.15, -0.1) is 0 Å². The van der Waals surface area contributed by atoms with Crippen LogP contribution >= 0.6 is 0 Å². The molecule has 0 amide bonds. The first-order chi connectivity index (χ1) is 63.5. The molecule has 0 atom stereocenters. The lowest BCUT2D eigenvalue weighted by Gasteiger charge is -2.25. The molecule has 0 saturated carbocycles. The first kappa shape index (κ1) is 90.3. The Morgan fingerprint density at radius 3 is 1.12 bits per heavy atom. The van der Waals surface area contributed by atoms with Crippen molar-refractivity contribution < 1.29 is 37.0 Å². The molecule has 20 heteroatoms. The monoisotopic (exact) mass is 1720 g/mol. The summed E-state index contributed by atoms with van der Waals surface area (Å²) in [7, 11) is 9.88. The minimum atomic E-state index is -0.360. The summed E-state index contributed by atoms with van der Waals surface area (Å²) in [5, 5.41) is 21.1. The van der Waals surface area contributed by atoms with Crippen molar-refractivity contribution in [3.05, 3.63) is 465 Å². The third kappa shape index (κ3) is 25.0. The number of aryl methyl sites for hydroxylation is 1. The van der Waals surface area contributed by atoms with Gasteiger partial charge in [-0.25, -0.2) is 28.3 Å². The van der Waals surface area contributed by atoms with Gasteiger partial charge in [0.15, 0.2) is 25.1 Å². The first-order valence-corrected chi connectivity index (χ1v) is 43.0. The summed E-state index contributed by atoms with van der Waals surface area (Å²) in [6, 6.07) is 99.8. The average molecular weight is 1730 g/mol. The van der Waals surface area contributed by atoms with Crippen LogP contribution in [0, 0.1) is 0 Å². The number of pyridine rings is 4. The van der Waals surface area contributed by atoms with Crippen LogP contribution < -0.4 is 51.2 Å². The van der Waals surface area contributed by atoms with Crippen molar-refractivity contribution in [2.45, 2.75) is 32.7 Å². The van der Waals surface area contributed by atoms with Crippen LogP contribution in [-0.4, -0.2) is 97.6 Å². The Morgan fingerprint density at radius 2 is 0.731 bits per heavy atom. The summed E-state index contributed by atoms with van der Waals surface area (Å²) in [5.74, 6) is 0. The van der Waals surface area contributed by atoms with E-state index in [2.05, 4.69) is 162 Å². The number of allylic oxidation sites excluding steroid dienone is 4. The van der Waals surface area contributed by atoms with Crippen molar-refractivity contribution in [2.24, 2.45) is 7.05 Å². The van der Waals surface area contributed by atoms with E-state index in [1.165, 1.54) is 27.8 Å². The first-order valence-electron chi connectivity index (χ1n) is 43.0. The maximum absolute atomic E-state index is 13.1. The molecule has 8 aromatic heterocycles. The number of anilines is 4. The zero-order valence-corrected chi connectivity index (χ0v) is 73.4. The molecule has 10 heterocycles. The van der Waals surface area contributed by atoms with Gasteiger partial charge in [-0.1, -0.05) is 176 Å². The molecule has 9 aromatic carbocycles. The quantitative estimate of drug-likeness (QED) is 0.0477. The van der Waals surface area contributed by atoms with Gasteiger partial charge in [-0.2, -0.15) is 0 Å². The largest absolute Gasteiger partial charge is 0.422 e. The molecule has 0 radical (unpaired) electrons. The molecule has 2 aliphatic rings. The third-order valence-corrected chi connectivity index (χ3v) is 21.9. The Labute approximate surface area is 755 Å². The molecule has 0 spiro atoms. The summed E-state index contributed by atoms with van der Waals surface area (Å²) >= 11 is 0. The lowest BCUT2D eigenvalue weighted by molar-refractivity contribution is -0.688. The van der Waals surface area contributed by atoms with Crippen LogP contribution in [0.5, 0.6) is 0 Å². The van der Waals surface area contributed by atoms with Crippen molar-refractivity contribution in [3.8, 4) is 44.6 Å². The number of hydrogen-bond donors (Lipinski definition) is 2. The van der Waals surface area contributed by atoms with E-state index in [4.69, 9.17) is 27.9 Å². The Kier molecular flexibility index (Phi) is 31.5. The second kappa shape index (κ2) is 45.3. The molecule has 0 bridgehead atoms. The summed E-state index contributed by atoms with van der Waals surface area (Å²) in [5.41, 5.74) is 16.4. The summed E-state index contributed by atoms with van der Waals surface area (Å²) in [6.45, 7) is 7.38. The van der Waals surface area contributed by atoms with Gasteiger partial charge in [0.2, 0.25) is 5.69 Å². The smallest absolute Gasteiger partial charge is 0.350 e. The van der Waals surface area contributed by atoms with E-state index >= 15 is 0 Å². The highest BCUT2D eigenvalue weighted by atomic mass is 16.4. The fourth-order valence-electron chi connectivity index (χ4n) is 14.9. The van der Waals surface area contributed by atoms with E-state index in [0.29, 0.717) is 51.1 Å². The van der Waals surface area contributed by atoms with Gasteiger partial charge in [0.25, 0.3) is 0 Å². The van der Waals surface area contributed by atoms with Gasteiger partial charge in [0.1, 0.15) is 34.9 Å². The SMILES string of the molecule is CN(CCO)c1ccc2cc(-c3cccc[n+]3C)c(=O)oc2c1.CN(Cc1ccccc1)c1ccc2cc(-c3ccncc3)c(=O)oc2c1.CN(Cc1ccccc1)c1ccc2cc(-c3ccncc3)c(=O)oc2c1.CN1C=CC=CC1.O=c1oc2cc(N(Cc3ccccc3)Cc3ccccc3)ccc2cc1-c1cc[n+](Cc2ccccc2)cc1.OCCN1C=CC=CC1. The Bertz CT molecular complexity index is 6720. The molecule has 0 saturated heterocycles. The molecule has 0 unspecified atom stereocenters. The predicted octanol–water partition coefficient (Wildman–Crippen LogP) is 19.1. The molecule has 130 heavy (non-hydrogen) atoms. The van der Waals surface area contributed by atoms with Crippen LogP contribution in [0.25, 0.3) is 88.5 Å². The number of likely N-dealkylation sites (N-methyl/N-ethyl adjacent to an activating group) is 2. The summed E-state index contributed by atoms with van der Waals surface area (Å²) in [4.78, 5) is 70.9. The highest BCUT2D eigenvalue weighted by molar-refractivity contribution is 5.88. The van der Waals surface area contributed by atoms with E-state index in [-0.39, 0.29) is 35.7 Å². The molecule has 0 fully saturated rings. The van der Waals surface area contributed by atoms with Gasteiger partial charge in [0.05, 0.1) is 29.9 Å². The lowest BCUT2D eigenvalue weighted by atomic mass is 10.1. The van der Waals surface area contributed by atoms with Crippen molar-refractivity contribution in [1.29, 1.82) is 0 Å². The van der Waals surface area contributed by atoms with E-state index in [9.17, 15) is 19.2 Å². The predicted molar refractivity (Wildman–Crippen MR) is 522 cm³/mol. The molecule has 19 rings (SSSR count). The highest BCUT2D eigenvalue weighted by Gasteiger charge is 2.20. The van der Waals surface area contributed by atoms with Crippen LogP contribution in [0.2, 0.25) is 0 Å². The number of rotatable bonds is 22. The van der Waals surface area contributed by atoms with Crippen LogP contribution in [0.1, 0.15) is 27.8 Å². The third-order valence-electron chi connectivity index (χ3n) is 21.9. The zero-order valence-electron chi connectivity index (χ0n) is 73.4. The van der Waals surface area contributed by atoms with E-state index < -0.39 is 0 Å². The maximum Gasteiger partial charge on any atom is 0.350 e.